The average molecular weight is 172 g/mol. The van der Waals surface area contributed by atoms with Crippen LogP contribution in [-0.4, -0.2) is 5.11 Å². The van der Waals surface area contributed by atoms with Gasteiger partial charge in [-0.2, -0.15) is 12.6 Å². The van der Waals surface area contributed by atoms with E-state index in [1.807, 2.05) is 0 Å². The van der Waals surface area contributed by atoms with Crippen molar-refractivity contribution in [1.29, 1.82) is 0 Å². The molecule has 1 aromatic rings. The molecule has 0 radical (unpaired) electrons. The maximum absolute atomic E-state index is 12.9. The molecule has 0 saturated heterocycles. The summed E-state index contributed by atoms with van der Waals surface area (Å²) < 4.78 is 12.9. The lowest BCUT2D eigenvalue weighted by atomic mass is 10.1. The number of halogens is 1. The van der Waals surface area contributed by atoms with Crippen LogP contribution in [0.1, 0.15) is 17.7 Å². The van der Waals surface area contributed by atoms with Gasteiger partial charge in [0.25, 0.3) is 0 Å². The lowest BCUT2D eigenvalue weighted by molar-refractivity contribution is 0.468. The number of thiol groups is 1. The number of rotatable bonds is 1. The van der Waals surface area contributed by atoms with Gasteiger partial charge in [0.1, 0.15) is 11.6 Å². The number of benzene rings is 1. The molecule has 1 nitrogen and oxygen atoms in total. The maximum Gasteiger partial charge on any atom is 0.131 e. The highest BCUT2D eigenvalue weighted by Crippen LogP contribution is 2.24. The van der Waals surface area contributed by atoms with Gasteiger partial charge >= 0.3 is 0 Å². The van der Waals surface area contributed by atoms with Crippen molar-refractivity contribution < 1.29 is 9.50 Å². The molecule has 1 unspecified atom stereocenters. The molecule has 3 heteroatoms. The number of hydrogen-bond donors (Lipinski definition) is 2. The van der Waals surface area contributed by atoms with Crippen molar-refractivity contribution in [2.45, 2.75) is 12.2 Å². The van der Waals surface area contributed by atoms with Crippen LogP contribution in [0, 0.1) is 5.82 Å². The van der Waals surface area contributed by atoms with E-state index in [2.05, 4.69) is 12.6 Å². The SMILES string of the molecule is CC(S)c1ccc(O)cc1F. The molecule has 1 N–H and O–H groups in total. The van der Waals surface area contributed by atoms with Crippen LogP contribution in [0.5, 0.6) is 5.75 Å². The Bertz CT molecular complexity index is 260. The summed E-state index contributed by atoms with van der Waals surface area (Å²) in [6.07, 6.45) is 0. The van der Waals surface area contributed by atoms with E-state index in [1.54, 1.807) is 6.92 Å². The molecule has 0 aliphatic carbocycles. The molecular formula is C8H9FOS. The molecular weight excluding hydrogens is 163 g/mol. The lowest BCUT2D eigenvalue weighted by Gasteiger charge is -2.05. The first-order valence-electron chi connectivity index (χ1n) is 3.27. The van der Waals surface area contributed by atoms with Crippen LogP contribution in [0.3, 0.4) is 0 Å². The van der Waals surface area contributed by atoms with Crippen LogP contribution in [0.4, 0.5) is 4.39 Å². The van der Waals surface area contributed by atoms with Crippen molar-refractivity contribution in [2.75, 3.05) is 0 Å². The first-order valence-corrected chi connectivity index (χ1v) is 3.79. The second-order valence-corrected chi connectivity index (χ2v) is 3.16. The summed E-state index contributed by atoms with van der Waals surface area (Å²) in [7, 11) is 0. The number of phenolic OH excluding ortho intramolecular Hbond substituents is 1. The highest BCUT2D eigenvalue weighted by atomic mass is 32.1. The number of phenols is 1. The molecule has 60 valence electrons. The van der Waals surface area contributed by atoms with E-state index < -0.39 is 5.82 Å². The van der Waals surface area contributed by atoms with Gasteiger partial charge in [-0.1, -0.05) is 6.07 Å². The van der Waals surface area contributed by atoms with Gasteiger partial charge < -0.3 is 5.11 Å². The minimum atomic E-state index is -0.410. The Hall–Kier alpha value is -0.700. The molecule has 0 saturated carbocycles. The Morgan fingerprint density at radius 2 is 2.18 bits per heavy atom. The van der Waals surface area contributed by atoms with E-state index in [0.29, 0.717) is 5.56 Å². The van der Waals surface area contributed by atoms with Crippen molar-refractivity contribution in [3.05, 3.63) is 29.6 Å². The fourth-order valence-corrected chi connectivity index (χ4v) is 1.06. The molecule has 1 aromatic carbocycles. The average Bonchev–Trinajstić information content (AvgIpc) is 1.85. The van der Waals surface area contributed by atoms with Crippen LogP contribution >= 0.6 is 12.6 Å². The molecule has 0 bridgehead atoms. The zero-order chi connectivity index (χ0) is 8.43. The van der Waals surface area contributed by atoms with E-state index >= 15 is 0 Å². The largest absolute Gasteiger partial charge is 0.508 e. The molecule has 0 spiro atoms. The predicted octanol–water partition coefficient (Wildman–Crippen LogP) is 2.52. The second-order valence-electron chi connectivity index (χ2n) is 2.38. The van der Waals surface area contributed by atoms with E-state index in [1.165, 1.54) is 12.1 Å². The maximum atomic E-state index is 12.9. The first-order chi connectivity index (χ1) is 5.11. The highest BCUT2D eigenvalue weighted by molar-refractivity contribution is 7.80. The van der Waals surface area contributed by atoms with Gasteiger partial charge in [0.15, 0.2) is 0 Å². The summed E-state index contributed by atoms with van der Waals surface area (Å²) in [5.74, 6) is -0.465. The van der Waals surface area contributed by atoms with Gasteiger partial charge in [0.2, 0.25) is 0 Å². The van der Waals surface area contributed by atoms with Gasteiger partial charge in [-0.05, 0) is 13.0 Å². The Balaban J connectivity index is 3.09. The third-order valence-electron chi connectivity index (χ3n) is 1.43. The second kappa shape index (κ2) is 3.13. The third kappa shape index (κ3) is 1.87. The predicted molar refractivity (Wildman–Crippen MR) is 45.5 cm³/mol. The highest BCUT2D eigenvalue weighted by Gasteiger charge is 2.06. The van der Waals surface area contributed by atoms with Crippen molar-refractivity contribution in [2.24, 2.45) is 0 Å². The molecule has 0 amide bonds. The molecule has 0 aromatic heterocycles. The van der Waals surface area contributed by atoms with Crippen LogP contribution < -0.4 is 0 Å². The van der Waals surface area contributed by atoms with Crippen LogP contribution in [0.2, 0.25) is 0 Å². The molecule has 0 heterocycles. The zero-order valence-corrected chi connectivity index (χ0v) is 6.98. The van der Waals surface area contributed by atoms with Crippen molar-refractivity contribution in [3.63, 3.8) is 0 Å². The summed E-state index contributed by atoms with van der Waals surface area (Å²) >= 11 is 4.07. The van der Waals surface area contributed by atoms with Gasteiger partial charge in [0.05, 0.1) is 0 Å². The normalized spacial score (nSPS) is 13.0. The summed E-state index contributed by atoms with van der Waals surface area (Å²) in [5, 5.41) is 8.71. The number of aromatic hydroxyl groups is 1. The van der Waals surface area contributed by atoms with Gasteiger partial charge in [-0.3, -0.25) is 0 Å². The quantitative estimate of drug-likeness (QED) is 0.624. The van der Waals surface area contributed by atoms with Gasteiger partial charge in [-0.25, -0.2) is 4.39 Å². The fraction of sp³-hybridized carbons (Fsp3) is 0.250. The zero-order valence-electron chi connectivity index (χ0n) is 6.08. The fourth-order valence-electron chi connectivity index (χ4n) is 0.855. The summed E-state index contributed by atoms with van der Waals surface area (Å²) in [4.78, 5) is 0. The van der Waals surface area contributed by atoms with E-state index in [0.717, 1.165) is 6.07 Å². The van der Waals surface area contributed by atoms with Crippen molar-refractivity contribution in [3.8, 4) is 5.75 Å². The van der Waals surface area contributed by atoms with Crippen LogP contribution in [0.25, 0.3) is 0 Å². The van der Waals surface area contributed by atoms with E-state index in [9.17, 15) is 4.39 Å². The van der Waals surface area contributed by atoms with Gasteiger partial charge in [-0.15, -0.1) is 0 Å². The van der Waals surface area contributed by atoms with Crippen LogP contribution in [0.15, 0.2) is 18.2 Å². The summed E-state index contributed by atoms with van der Waals surface area (Å²) in [6.45, 7) is 1.78. The minimum absolute atomic E-state index is 0.0553. The van der Waals surface area contributed by atoms with Crippen molar-refractivity contribution >= 4 is 12.6 Å². The Morgan fingerprint density at radius 3 is 2.64 bits per heavy atom. The smallest absolute Gasteiger partial charge is 0.131 e. The molecule has 1 atom stereocenters. The van der Waals surface area contributed by atoms with Gasteiger partial charge in [0, 0.05) is 16.9 Å². The number of hydrogen-bond acceptors (Lipinski definition) is 2. The lowest BCUT2D eigenvalue weighted by Crippen LogP contribution is -1.89. The Labute approximate surface area is 70.3 Å². The monoisotopic (exact) mass is 172 g/mol. The molecule has 0 aliphatic rings. The third-order valence-corrected chi connectivity index (χ3v) is 1.71. The first kappa shape index (κ1) is 8.40. The molecule has 0 fully saturated rings. The summed E-state index contributed by atoms with van der Waals surface area (Å²) in [6, 6.07) is 4.06. The van der Waals surface area contributed by atoms with E-state index in [-0.39, 0.29) is 11.0 Å². The van der Waals surface area contributed by atoms with E-state index in [4.69, 9.17) is 5.11 Å². The van der Waals surface area contributed by atoms with Crippen molar-refractivity contribution in [1.82, 2.24) is 0 Å². The molecule has 11 heavy (non-hydrogen) atoms. The summed E-state index contributed by atoms with van der Waals surface area (Å²) in [5.41, 5.74) is 0.506. The van der Waals surface area contributed by atoms with Crippen LogP contribution in [-0.2, 0) is 0 Å². The topological polar surface area (TPSA) is 20.2 Å². The Morgan fingerprint density at radius 1 is 1.55 bits per heavy atom. The standard InChI is InChI=1S/C8H9FOS/c1-5(11)7-3-2-6(10)4-8(7)9/h2-5,10-11H,1H3. The molecule has 1 rings (SSSR count). The molecule has 0 aliphatic heterocycles. The minimum Gasteiger partial charge on any atom is -0.508 e. The Kier molecular flexibility index (Phi) is 2.39.